The second-order valence-electron chi connectivity index (χ2n) is 6.26. The second-order valence-corrected chi connectivity index (χ2v) is 6.26. The predicted molar refractivity (Wildman–Crippen MR) is 71.6 cm³/mol. The number of carboxylic acids is 1. The van der Waals surface area contributed by atoms with Crippen LogP contribution in [0.4, 0.5) is 0 Å². The summed E-state index contributed by atoms with van der Waals surface area (Å²) in [7, 11) is 0. The van der Waals surface area contributed by atoms with E-state index in [1.165, 1.54) is 0 Å². The van der Waals surface area contributed by atoms with Gasteiger partial charge in [0, 0.05) is 23.9 Å². The van der Waals surface area contributed by atoms with Gasteiger partial charge in [-0.25, -0.2) is 0 Å². The molecule has 0 aliphatic rings. The van der Waals surface area contributed by atoms with Crippen LogP contribution in [0.5, 0.6) is 0 Å². The number of carboxylic acid groups (broad SMARTS) is 1. The van der Waals surface area contributed by atoms with Crippen molar-refractivity contribution in [1.82, 2.24) is 10.6 Å². The van der Waals surface area contributed by atoms with Crippen LogP contribution in [0.2, 0.25) is 0 Å². The van der Waals surface area contributed by atoms with E-state index in [-0.39, 0.29) is 31.2 Å². The monoisotopic (exact) mass is 272 g/mol. The molecule has 0 bridgehead atoms. The Hall–Kier alpha value is -1.59. The lowest BCUT2D eigenvalue weighted by atomic mass is 9.96. The van der Waals surface area contributed by atoms with Gasteiger partial charge < -0.3 is 15.7 Å². The first-order chi connectivity index (χ1) is 8.44. The molecule has 0 fully saturated rings. The molecule has 6 nitrogen and oxygen atoms in total. The van der Waals surface area contributed by atoms with E-state index in [2.05, 4.69) is 10.6 Å². The molecule has 110 valence electrons. The minimum Gasteiger partial charge on any atom is -0.481 e. The van der Waals surface area contributed by atoms with E-state index in [9.17, 15) is 14.4 Å². The maximum Gasteiger partial charge on any atom is 0.305 e. The molecular formula is C13H24N2O4. The van der Waals surface area contributed by atoms with E-state index in [0.29, 0.717) is 0 Å². The molecule has 0 aliphatic heterocycles. The lowest BCUT2D eigenvalue weighted by molar-refractivity contribution is -0.138. The smallest absolute Gasteiger partial charge is 0.305 e. The normalized spacial score (nSPS) is 11.8. The number of carbonyl (C=O) groups is 3. The molecule has 0 aromatic rings. The highest BCUT2D eigenvalue weighted by Crippen LogP contribution is 2.12. The Balaban J connectivity index is 4.07. The molecule has 0 aliphatic carbocycles. The zero-order valence-corrected chi connectivity index (χ0v) is 12.3. The summed E-state index contributed by atoms with van der Waals surface area (Å²) in [6, 6.07) is 0. The number of aliphatic carboxylic acids is 1. The van der Waals surface area contributed by atoms with Gasteiger partial charge in [-0.2, -0.15) is 0 Å². The summed E-state index contributed by atoms with van der Waals surface area (Å²) in [5.74, 6) is -1.36. The molecule has 0 unspecified atom stereocenters. The van der Waals surface area contributed by atoms with Crippen LogP contribution in [-0.4, -0.2) is 35.0 Å². The largest absolute Gasteiger partial charge is 0.481 e. The zero-order chi connectivity index (χ0) is 15.3. The first kappa shape index (κ1) is 17.4. The van der Waals surface area contributed by atoms with Crippen molar-refractivity contribution in [2.45, 2.75) is 53.0 Å². The fourth-order valence-corrected chi connectivity index (χ4v) is 1.42. The van der Waals surface area contributed by atoms with Crippen LogP contribution in [0.1, 0.15) is 47.5 Å². The van der Waals surface area contributed by atoms with Crippen LogP contribution in [0.15, 0.2) is 0 Å². The van der Waals surface area contributed by atoms with E-state index in [0.717, 1.165) is 0 Å². The predicted octanol–water partition coefficient (Wildman–Crippen LogP) is 0.908. The number of rotatable bonds is 6. The summed E-state index contributed by atoms with van der Waals surface area (Å²) in [6.45, 7) is 8.90. The van der Waals surface area contributed by atoms with Crippen molar-refractivity contribution in [3.63, 3.8) is 0 Å². The number of nitrogens with one attached hydrogen (secondary N) is 2. The molecule has 0 atom stereocenters. The van der Waals surface area contributed by atoms with Gasteiger partial charge in [-0.1, -0.05) is 20.8 Å². The molecule has 2 amide bonds. The molecule has 0 rings (SSSR count). The SMILES string of the molecule is CC(C)(CC(=O)O)NC(=O)CCNC(=O)C(C)(C)C. The minimum absolute atomic E-state index is 0.120. The number of hydrogen-bond acceptors (Lipinski definition) is 3. The molecule has 0 aromatic carbocycles. The fourth-order valence-electron chi connectivity index (χ4n) is 1.42. The highest BCUT2D eigenvalue weighted by atomic mass is 16.4. The first-order valence-electron chi connectivity index (χ1n) is 6.25. The van der Waals surface area contributed by atoms with Gasteiger partial charge in [-0.3, -0.25) is 14.4 Å². The molecule has 6 heteroatoms. The number of carbonyl (C=O) groups excluding carboxylic acids is 2. The van der Waals surface area contributed by atoms with Gasteiger partial charge in [0.25, 0.3) is 0 Å². The van der Waals surface area contributed by atoms with Crippen molar-refractivity contribution in [3.8, 4) is 0 Å². The fraction of sp³-hybridized carbons (Fsp3) is 0.769. The quantitative estimate of drug-likeness (QED) is 0.669. The molecule has 0 saturated carbocycles. The standard InChI is InChI=1S/C13H24N2O4/c1-12(2,3)11(19)14-7-6-9(16)15-13(4,5)8-10(17)18/h6-8H2,1-5H3,(H,14,19)(H,15,16)(H,17,18). The van der Waals surface area contributed by atoms with Crippen LogP contribution in [0, 0.1) is 5.41 Å². The summed E-state index contributed by atoms with van der Waals surface area (Å²) < 4.78 is 0. The zero-order valence-electron chi connectivity index (χ0n) is 12.3. The second kappa shape index (κ2) is 6.54. The summed E-state index contributed by atoms with van der Waals surface area (Å²) in [4.78, 5) is 33.8. The summed E-state index contributed by atoms with van der Waals surface area (Å²) in [6.07, 6.45) is -0.0159. The molecule has 3 N–H and O–H groups in total. The van der Waals surface area contributed by atoms with E-state index in [1.54, 1.807) is 34.6 Å². The molecule has 0 heterocycles. The van der Waals surface area contributed by atoms with Crippen molar-refractivity contribution >= 4 is 17.8 Å². The van der Waals surface area contributed by atoms with Crippen molar-refractivity contribution < 1.29 is 19.5 Å². The summed E-state index contributed by atoms with van der Waals surface area (Å²) >= 11 is 0. The van der Waals surface area contributed by atoms with Crippen molar-refractivity contribution in [2.24, 2.45) is 5.41 Å². The van der Waals surface area contributed by atoms with Crippen LogP contribution in [0.3, 0.4) is 0 Å². The van der Waals surface area contributed by atoms with Crippen molar-refractivity contribution in [3.05, 3.63) is 0 Å². The van der Waals surface area contributed by atoms with Gasteiger partial charge >= 0.3 is 5.97 Å². The average Bonchev–Trinajstić information content (AvgIpc) is 2.12. The van der Waals surface area contributed by atoms with Crippen LogP contribution < -0.4 is 10.6 Å². The van der Waals surface area contributed by atoms with Gasteiger partial charge in [0.1, 0.15) is 0 Å². The molecule has 0 saturated heterocycles. The van der Waals surface area contributed by atoms with Gasteiger partial charge in [0.15, 0.2) is 0 Å². The third-order valence-corrected chi connectivity index (χ3v) is 2.39. The van der Waals surface area contributed by atoms with Gasteiger partial charge in [0.2, 0.25) is 11.8 Å². The molecule has 0 spiro atoms. The Morgan fingerprint density at radius 1 is 1.05 bits per heavy atom. The maximum atomic E-state index is 11.6. The van der Waals surface area contributed by atoms with Crippen LogP contribution >= 0.6 is 0 Å². The Kier molecular flexibility index (Phi) is 5.99. The van der Waals surface area contributed by atoms with E-state index in [1.807, 2.05) is 0 Å². The first-order valence-corrected chi connectivity index (χ1v) is 6.25. The van der Waals surface area contributed by atoms with Gasteiger partial charge in [-0.05, 0) is 13.8 Å². The Bertz CT molecular complexity index is 356. The van der Waals surface area contributed by atoms with Crippen LogP contribution in [-0.2, 0) is 14.4 Å². The summed E-state index contributed by atoms with van der Waals surface area (Å²) in [5, 5.41) is 14.0. The Morgan fingerprint density at radius 3 is 2.00 bits per heavy atom. The van der Waals surface area contributed by atoms with Gasteiger partial charge in [0.05, 0.1) is 6.42 Å². The topological polar surface area (TPSA) is 95.5 Å². The Labute approximate surface area is 113 Å². The van der Waals surface area contributed by atoms with Crippen molar-refractivity contribution in [1.29, 1.82) is 0 Å². The summed E-state index contributed by atoms with van der Waals surface area (Å²) in [5.41, 5.74) is -1.28. The Morgan fingerprint density at radius 2 is 1.58 bits per heavy atom. The molecular weight excluding hydrogens is 248 g/mol. The third-order valence-electron chi connectivity index (χ3n) is 2.39. The third kappa shape index (κ3) is 8.18. The maximum absolute atomic E-state index is 11.6. The van der Waals surface area contributed by atoms with Gasteiger partial charge in [-0.15, -0.1) is 0 Å². The van der Waals surface area contributed by atoms with Crippen molar-refractivity contribution in [2.75, 3.05) is 6.54 Å². The van der Waals surface area contributed by atoms with E-state index >= 15 is 0 Å². The lowest BCUT2D eigenvalue weighted by Crippen LogP contribution is -2.46. The molecule has 0 aromatic heterocycles. The minimum atomic E-state index is -0.966. The number of amides is 2. The highest BCUT2D eigenvalue weighted by molar-refractivity contribution is 5.82. The van der Waals surface area contributed by atoms with Crippen LogP contribution in [0.25, 0.3) is 0 Å². The average molecular weight is 272 g/mol. The molecule has 19 heavy (non-hydrogen) atoms. The lowest BCUT2D eigenvalue weighted by Gasteiger charge is -2.24. The van der Waals surface area contributed by atoms with E-state index in [4.69, 9.17) is 5.11 Å². The highest BCUT2D eigenvalue weighted by Gasteiger charge is 2.24. The van der Waals surface area contributed by atoms with E-state index < -0.39 is 16.9 Å². The number of hydrogen-bond donors (Lipinski definition) is 3. The molecule has 0 radical (unpaired) electrons.